The largest absolute Gasteiger partial charge is 0.364 e. The quantitative estimate of drug-likeness (QED) is 0.582. The highest BCUT2D eigenvalue weighted by atomic mass is 16.5. The highest BCUT2D eigenvalue weighted by Gasteiger charge is 2.24. The minimum Gasteiger partial charge on any atom is -0.364 e. The first-order valence-corrected chi connectivity index (χ1v) is 7.59. The molecular formula is C15H29N5O4. The zero-order valence-electron chi connectivity index (χ0n) is 15.7. The van der Waals surface area contributed by atoms with Crippen molar-refractivity contribution >= 4 is 11.9 Å². The molecule has 0 aromatic carbocycles. The third-order valence-electron chi connectivity index (χ3n) is 2.99. The maximum absolute atomic E-state index is 5.21. The van der Waals surface area contributed by atoms with Crippen molar-refractivity contribution in [1.82, 2.24) is 15.0 Å². The molecule has 0 N–H and O–H groups in total. The summed E-state index contributed by atoms with van der Waals surface area (Å²) in [6.07, 6.45) is 0. The molecule has 0 radical (unpaired) electrons. The highest BCUT2D eigenvalue weighted by molar-refractivity contribution is 5.39. The number of aromatic nitrogens is 3. The third-order valence-corrected chi connectivity index (χ3v) is 2.99. The lowest BCUT2D eigenvalue weighted by Crippen LogP contribution is -2.34. The van der Waals surface area contributed by atoms with Crippen LogP contribution >= 0.6 is 0 Å². The van der Waals surface area contributed by atoms with Gasteiger partial charge in [-0.05, 0) is 0 Å². The van der Waals surface area contributed by atoms with Crippen molar-refractivity contribution in [2.24, 2.45) is 0 Å². The monoisotopic (exact) mass is 343 g/mol. The van der Waals surface area contributed by atoms with Crippen molar-refractivity contribution < 1.29 is 18.9 Å². The Bertz CT molecular complexity index is 449. The van der Waals surface area contributed by atoms with Crippen LogP contribution in [0.2, 0.25) is 0 Å². The van der Waals surface area contributed by atoms with Crippen molar-refractivity contribution in [3.8, 4) is 0 Å². The van der Waals surface area contributed by atoms with Crippen LogP contribution in [0.3, 0.4) is 0 Å². The molecule has 0 spiro atoms. The molecule has 0 amide bonds. The summed E-state index contributed by atoms with van der Waals surface area (Å²) >= 11 is 0. The summed E-state index contributed by atoms with van der Waals surface area (Å²) in [7, 11) is 6.43. The van der Waals surface area contributed by atoms with Crippen LogP contribution in [0.15, 0.2) is 0 Å². The van der Waals surface area contributed by atoms with E-state index in [1.165, 1.54) is 0 Å². The van der Waals surface area contributed by atoms with Crippen LogP contribution in [0.1, 0.15) is 26.6 Å². The molecule has 0 unspecified atom stereocenters. The molecule has 1 aromatic rings. The number of methoxy groups -OCH3 is 4. The Balaban J connectivity index is 3.34. The topological polar surface area (TPSA) is 82.1 Å². The van der Waals surface area contributed by atoms with Gasteiger partial charge in [0.05, 0.1) is 0 Å². The molecule has 9 heteroatoms. The summed E-state index contributed by atoms with van der Waals surface area (Å²) in [6, 6.07) is 0. The number of rotatable bonds is 10. The molecule has 1 heterocycles. The molecule has 1 rings (SSSR count). The van der Waals surface area contributed by atoms with Gasteiger partial charge in [0, 0.05) is 33.9 Å². The molecule has 0 atom stereocenters. The van der Waals surface area contributed by atoms with E-state index >= 15 is 0 Å². The van der Waals surface area contributed by atoms with Crippen LogP contribution in [-0.2, 0) is 24.4 Å². The molecular weight excluding hydrogens is 314 g/mol. The Labute approximate surface area is 143 Å². The predicted molar refractivity (Wildman–Crippen MR) is 91.0 cm³/mol. The first-order valence-electron chi connectivity index (χ1n) is 7.59. The smallest absolute Gasteiger partial charge is 0.234 e. The van der Waals surface area contributed by atoms with Gasteiger partial charge < -0.3 is 18.9 Å². The fraction of sp³-hybridized carbons (Fsp3) is 0.800. The Kier molecular flexibility index (Phi) is 8.26. The van der Waals surface area contributed by atoms with Crippen LogP contribution in [0, 0.1) is 0 Å². The van der Waals surface area contributed by atoms with Crippen LogP contribution < -0.4 is 9.80 Å². The van der Waals surface area contributed by atoms with E-state index < -0.39 is 0 Å². The second-order valence-corrected chi connectivity index (χ2v) is 6.26. The first kappa shape index (κ1) is 20.5. The lowest BCUT2D eigenvalue weighted by Gasteiger charge is -2.27. The third kappa shape index (κ3) is 5.82. The predicted octanol–water partition coefficient (Wildman–Crippen LogP) is 1.20. The van der Waals surface area contributed by atoms with Gasteiger partial charge in [-0.3, -0.25) is 9.80 Å². The van der Waals surface area contributed by atoms with Crippen molar-refractivity contribution in [3.63, 3.8) is 0 Å². The van der Waals surface area contributed by atoms with Gasteiger partial charge in [0.25, 0.3) is 0 Å². The van der Waals surface area contributed by atoms with Gasteiger partial charge in [-0.1, -0.05) is 20.8 Å². The lowest BCUT2D eigenvalue weighted by molar-refractivity contribution is 0.136. The summed E-state index contributed by atoms with van der Waals surface area (Å²) in [5, 5.41) is 0. The number of anilines is 2. The summed E-state index contributed by atoms with van der Waals surface area (Å²) in [5.74, 6) is 1.62. The van der Waals surface area contributed by atoms with E-state index in [2.05, 4.69) is 15.0 Å². The minimum atomic E-state index is -0.246. The van der Waals surface area contributed by atoms with Gasteiger partial charge in [-0.15, -0.1) is 0 Å². The maximum atomic E-state index is 5.21. The van der Waals surface area contributed by atoms with Crippen molar-refractivity contribution in [2.75, 3.05) is 65.2 Å². The van der Waals surface area contributed by atoms with E-state index in [1.807, 2.05) is 20.8 Å². The first-order chi connectivity index (χ1) is 11.4. The molecule has 0 fully saturated rings. The van der Waals surface area contributed by atoms with E-state index in [4.69, 9.17) is 18.9 Å². The summed E-state index contributed by atoms with van der Waals surface area (Å²) < 4.78 is 20.9. The number of nitrogens with zero attached hydrogens (tertiary/aromatic N) is 5. The standard InChI is InChI=1S/C15H29N5O4/c1-15(2,3)12-16-13(19(8-21-4)9-22-5)18-14(17-12)20(10-23-6)11-24-7/h8-11H2,1-7H3. The van der Waals surface area contributed by atoms with Crippen LogP contribution in [-0.4, -0.2) is 70.3 Å². The zero-order valence-corrected chi connectivity index (χ0v) is 15.7. The van der Waals surface area contributed by atoms with Crippen molar-refractivity contribution in [3.05, 3.63) is 5.82 Å². The van der Waals surface area contributed by atoms with Crippen molar-refractivity contribution in [1.29, 1.82) is 0 Å². The number of hydrogen-bond acceptors (Lipinski definition) is 9. The second-order valence-electron chi connectivity index (χ2n) is 6.26. The zero-order chi connectivity index (χ0) is 18.2. The Morgan fingerprint density at radius 1 is 0.667 bits per heavy atom. The molecule has 0 aliphatic rings. The van der Waals surface area contributed by atoms with Gasteiger partial charge in [-0.25, -0.2) is 0 Å². The number of ether oxygens (including phenoxy) is 4. The van der Waals surface area contributed by atoms with E-state index in [0.717, 1.165) is 0 Å². The average Bonchev–Trinajstić information content (AvgIpc) is 2.53. The minimum absolute atomic E-state index is 0.246. The van der Waals surface area contributed by atoms with Crippen LogP contribution in [0.25, 0.3) is 0 Å². The van der Waals surface area contributed by atoms with Gasteiger partial charge in [0.1, 0.15) is 32.7 Å². The fourth-order valence-corrected chi connectivity index (χ4v) is 1.90. The normalized spacial score (nSPS) is 11.6. The number of hydrogen-bond donors (Lipinski definition) is 0. The molecule has 1 aromatic heterocycles. The Morgan fingerprint density at radius 2 is 1.00 bits per heavy atom. The molecule has 138 valence electrons. The molecule has 0 aliphatic carbocycles. The Hall–Kier alpha value is -1.55. The van der Waals surface area contributed by atoms with Gasteiger partial charge in [0.2, 0.25) is 11.9 Å². The van der Waals surface area contributed by atoms with Crippen LogP contribution in [0.5, 0.6) is 0 Å². The van der Waals surface area contributed by atoms with Crippen molar-refractivity contribution in [2.45, 2.75) is 26.2 Å². The van der Waals surface area contributed by atoms with E-state index in [0.29, 0.717) is 44.6 Å². The molecule has 9 nitrogen and oxygen atoms in total. The van der Waals surface area contributed by atoms with Gasteiger partial charge >= 0.3 is 0 Å². The molecule has 0 aliphatic heterocycles. The SMILES string of the molecule is COCN(COC)c1nc(N(COC)COC)nc(C(C)(C)C)n1. The van der Waals surface area contributed by atoms with E-state index in [9.17, 15) is 0 Å². The molecule has 0 saturated heterocycles. The van der Waals surface area contributed by atoms with E-state index in [-0.39, 0.29) is 5.41 Å². The van der Waals surface area contributed by atoms with Crippen LogP contribution in [0.4, 0.5) is 11.9 Å². The highest BCUT2D eigenvalue weighted by Crippen LogP contribution is 2.23. The maximum Gasteiger partial charge on any atom is 0.234 e. The summed E-state index contributed by atoms with van der Waals surface area (Å²) in [5.41, 5.74) is -0.246. The second kappa shape index (κ2) is 9.67. The molecule has 0 bridgehead atoms. The van der Waals surface area contributed by atoms with Gasteiger partial charge in [-0.2, -0.15) is 15.0 Å². The Morgan fingerprint density at radius 3 is 1.25 bits per heavy atom. The lowest BCUT2D eigenvalue weighted by atomic mass is 9.96. The summed E-state index contributed by atoms with van der Waals surface area (Å²) in [6.45, 7) is 7.34. The molecule has 24 heavy (non-hydrogen) atoms. The van der Waals surface area contributed by atoms with E-state index in [1.54, 1.807) is 38.2 Å². The molecule has 0 saturated carbocycles. The average molecular weight is 343 g/mol. The fourth-order valence-electron chi connectivity index (χ4n) is 1.90. The van der Waals surface area contributed by atoms with Gasteiger partial charge in [0.15, 0.2) is 0 Å². The summed E-state index contributed by atoms with van der Waals surface area (Å²) in [4.78, 5) is 17.2.